The number of ether oxygens (including phenoxy) is 1. The Labute approximate surface area is 268 Å². The number of amides is 2. The van der Waals surface area contributed by atoms with E-state index in [1.165, 1.54) is 23.2 Å². The van der Waals surface area contributed by atoms with E-state index in [1.54, 1.807) is 7.05 Å². The second-order valence-corrected chi connectivity index (χ2v) is 11.8. The van der Waals surface area contributed by atoms with E-state index in [1.807, 2.05) is 18.9 Å². The van der Waals surface area contributed by atoms with Gasteiger partial charge in [-0.1, -0.05) is 5.21 Å². The molecule has 2 aliphatic rings. The number of likely N-dealkylation sites (N-methyl/N-ethyl adjacent to an activating group) is 1. The second kappa shape index (κ2) is 14.2. The van der Waals surface area contributed by atoms with Gasteiger partial charge < -0.3 is 29.7 Å². The minimum Gasteiger partial charge on any atom is -0.379 e. The van der Waals surface area contributed by atoms with Crippen LogP contribution in [0.5, 0.6) is 0 Å². The molecule has 0 aliphatic carbocycles. The monoisotopic (exact) mass is 663 g/mol. The molecule has 4 heterocycles. The SMILES string of the molecule is CC1CN(c2cc(F)c(-n3cc(C(=O)N(C)CCCN4CCOCC4)nn3)cc2NC(=O)c2c[nH]c(=O)cc2C(F)(F)F)CCN1C. The summed E-state index contributed by atoms with van der Waals surface area (Å²) < 4.78 is 63.4. The van der Waals surface area contributed by atoms with Crippen LogP contribution in [0.25, 0.3) is 5.69 Å². The van der Waals surface area contributed by atoms with Gasteiger partial charge in [-0.05, 0) is 26.5 Å². The first kappa shape index (κ1) is 34.0. The van der Waals surface area contributed by atoms with Gasteiger partial charge in [0.15, 0.2) is 11.5 Å². The quantitative estimate of drug-likeness (QED) is 0.331. The molecule has 47 heavy (non-hydrogen) atoms. The number of hydrogen-bond donors (Lipinski definition) is 2. The lowest BCUT2D eigenvalue weighted by Gasteiger charge is -2.39. The largest absolute Gasteiger partial charge is 0.417 e. The Hall–Kier alpha value is -4.35. The number of rotatable bonds is 9. The van der Waals surface area contributed by atoms with E-state index in [-0.39, 0.29) is 28.8 Å². The van der Waals surface area contributed by atoms with Crippen LogP contribution in [0, 0.1) is 5.82 Å². The number of piperazine rings is 1. The molecule has 0 saturated carbocycles. The van der Waals surface area contributed by atoms with E-state index in [4.69, 9.17) is 4.74 Å². The molecule has 1 unspecified atom stereocenters. The first-order valence-electron chi connectivity index (χ1n) is 15.2. The molecule has 1 atom stereocenters. The zero-order valence-electron chi connectivity index (χ0n) is 26.3. The number of benzene rings is 1. The van der Waals surface area contributed by atoms with Gasteiger partial charge in [0.2, 0.25) is 5.56 Å². The number of anilines is 2. The number of carbonyl (C=O) groups is 2. The number of alkyl halides is 3. The van der Waals surface area contributed by atoms with Gasteiger partial charge in [-0.2, -0.15) is 13.2 Å². The van der Waals surface area contributed by atoms with Crippen molar-refractivity contribution in [2.24, 2.45) is 0 Å². The van der Waals surface area contributed by atoms with Crippen LogP contribution in [0.15, 0.2) is 35.4 Å². The van der Waals surface area contributed by atoms with Crippen molar-refractivity contribution in [2.75, 3.05) is 83.3 Å². The number of hydrogen-bond acceptors (Lipinski definition) is 9. The number of carbonyl (C=O) groups excluding carboxylic acids is 2. The van der Waals surface area contributed by atoms with Gasteiger partial charge in [0.05, 0.1) is 41.9 Å². The van der Waals surface area contributed by atoms with Crippen molar-refractivity contribution < 1.29 is 31.9 Å². The van der Waals surface area contributed by atoms with Gasteiger partial charge in [-0.25, -0.2) is 9.07 Å². The van der Waals surface area contributed by atoms with Crippen LogP contribution in [0.1, 0.15) is 39.8 Å². The molecule has 0 radical (unpaired) electrons. The molecule has 0 bridgehead atoms. The molecule has 1 aromatic carbocycles. The van der Waals surface area contributed by atoms with E-state index in [9.17, 15) is 27.6 Å². The molecule has 2 aromatic heterocycles. The minimum atomic E-state index is -4.98. The Kier molecular flexibility index (Phi) is 10.3. The number of nitrogens with zero attached hydrogens (tertiary/aromatic N) is 7. The lowest BCUT2D eigenvalue weighted by Crippen LogP contribution is -2.50. The van der Waals surface area contributed by atoms with Gasteiger partial charge in [-0.3, -0.25) is 19.3 Å². The van der Waals surface area contributed by atoms with Crippen LogP contribution in [-0.2, 0) is 10.9 Å². The van der Waals surface area contributed by atoms with Crippen LogP contribution in [0.2, 0.25) is 0 Å². The summed E-state index contributed by atoms with van der Waals surface area (Å²) in [6.07, 6.45) is -2.31. The zero-order chi connectivity index (χ0) is 33.9. The topological polar surface area (TPSA) is 132 Å². The first-order chi connectivity index (χ1) is 22.3. The second-order valence-electron chi connectivity index (χ2n) is 11.8. The first-order valence-corrected chi connectivity index (χ1v) is 15.2. The maximum Gasteiger partial charge on any atom is 0.417 e. The van der Waals surface area contributed by atoms with Crippen molar-refractivity contribution in [1.29, 1.82) is 0 Å². The van der Waals surface area contributed by atoms with Crippen LogP contribution in [0.3, 0.4) is 0 Å². The molecule has 13 nitrogen and oxygen atoms in total. The van der Waals surface area contributed by atoms with Crippen LogP contribution in [-0.4, -0.2) is 126 Å². The Bertz CT molecular complexity index is 1650. The Balaban J connectivity index is 1.41. The average molecular weight is 664 g/mol. The molecule has 2 amide bonds. The highest BCUT2D eigenvalue weighted by Gasteiger charge is 2.36. The third kappa shape index (κ3) is 7.97. The Morgan fingerprint density at radius 2 is 1.87 bits per heavy atom. The van der Waals surface area contributed by atoms with Crippen LogP contribution >= 0.6 is 0 Å². The number of H-pyrrole nitrogens is 1. The van der Waals surface area contributed by atoms with Gasteiger partial charge >= 0.3 is 6.18 Å². The number of morpholine rings is 1. The summed E-state index contributed by atoms with van der Waals surface area (Å²) in [5.41, 5.74) is -3.23. The Morgan fingerprint density at radius 3 is 2.57 bits per heavy atom. The van der Waals surface area contributed by atoms with E-state index < -0.39 is 40.5 Å². The fourth-order valence-corrected chi connectivity index (χ4v) is 5.57. The fraction of sp³-hybridized carbons (Fsp3) is 0.500. The van der Waals surface area contributed by atoms with E-state index in [2.05, 4.69) is 30.4 Å². The van der Waals surface area contributed by atoms with Crippen molar-refractivity contribution in [3.05, 3.63) is 63.6 Å². The number of pyridine rings is 1. The third-order valence-corrected chi connectivity index (χ3v) is 8.47. The van der Waals surface area contributed by atoms with Crippen molar-refractivity contribution in [2.45, 2.75) is 25.6 Å². The van der Waals surface area contributed by atoms with E-state index >= 15 is 4.39 Å². The third-order valence-electron chi connectivity index (χ3n) is 8.47. The zero-order valence-corrected chi connectivity index (χ0v) is 26.3. The molecule has 2 saturated heterocycles. The number of aromatic amines is 1. The summed E-state index contributed by atoms with van der Waals surface area (Å²) in [5, 5.41) is 10.4. The molecule has 2 N–H and O–H groups in total. The molecule has 3 aromatic rings. The normalized spacial score (nSPS) is 17.9. The predicted octanol–water partition coefficient (Wildman–Crippen LogP) is 2.30. The Morgan fingerprint density at radius 1 is 1.13 bits per heavy atom. The van der Waals surface area contributed by atoms with Gasteiger partial charge in [0, 0.05) is 77.2 Å². The summed E-state index contributed by atoms with van der Waals surface area (Å²) in [6, 6.07) is 2.77. The molecule has 2 fully saturated rings. The molecule has 17 heteroatoms. The summed E-state index contributed by atoms with van der Waals surface area (Å²) in [7, 11) is 3.57. The van der Waals surface area contributed by atoms with Gasteiger partial charge in [-0.15, -0.1) is 5.10 Å². The lowest BCUT2D eigenvalue weighted by atomic mass is 10.1. The minimum absolute atomic E-state index is 0.00563. The van der Waals surface area contributed by atoms with Crippen LogP contribution in [0.4, 0.5) is 28.9 Å². The molecular weight excluding hydrogens is 626 g/mol. The van der Waals surface area contributed by atoms with Crippen molar-refractivity contribution in [3.63, 3.8) is 0 Å². The maximum absolute atomic E-state index is 15.7. The summed E-state index contributed by atoms with van der Waals surface area (Å²) in [5.74, 6) is -2.34. The molecule has 0 spiro atoms. The van der Waals surface area contributed by atoms with Crippen molar-refractivity contribution >= 4 is 23.2 Å². The highest BCUT2D eigenvalue weighted by Crippen LogP contribution is 2.35. The standard InChI is InChI=1S/C30H37F4N9O4/c1-19-17-42(8-7-39(19)2)26-14-22(31)25(15-23(26)36-28(45)20-16-35-27(44)13-21(20)30(32,33)34)43-18-24(37-38-43)29(46)40(3)5-4-6-41-9-11-47-12-10-41/h13-16,18-19H,4-12,17H2,1-3H3,(H,35,44)(H,36,45). The number of aromatic nitrogens is 4. The number of halogens is 4. The predicted molar refractivity (Wildman–Crippen MR) is 164 cm³/mol. The van der Waals surface area contributed by atoms with Gasteiger partial charge in [0.1, 0.15) is 5.69 Å². The van der Waals surface area contributed by atoms with Crippen LogP contribution < -0.4 is 15.8 Å². The maximum atomic E-state index is 15.7. The fourth-order valence-electron chi connectivity index (χ4n) is 5.57. The summed E-state index contributed by atoms with van der Waals surface area (Å²) >= 11 is 0. The average Bonchev–Trinajstić information content (AvgIpc) is 3.52. The van der Waals surface area contributed by atoms with E-state index in [0.29, 0.717) is 51.7 Å². The van der Waals surface area contributed by atoms with Gasteiger partial charge in [0.25, 0.3) is 11.8 Å². The summed E-state index contributed by atoms with van der Waals surface area (Å²) in [4.78, 5) is 47.8. The van der Waals surface area contributed by atoms with E-state index in [0.717, 1.165) is 30.7 Å². The lowest BCUT2D eigenvalue weighted by molar-refractivity contribution is -0.138. The molecule has 5 rings (SSSR count). The highest BCUT2D eigenvalue weighted by molar-refractivity contribution is 6.07. The highest BCUT2D eigenvalue weighted by atomic mass is 19.4. The van der Waals surface area contributed by atoms with Crippen molar-refractivity contribution in [1.82, 2.24) is 34.7 Å². The molecular formula is C30H37F4N9O4. The molecule has 2 aliphatic heterocycles. The molecule has 254 valence electrons. The number of nitrogens with one attached hydrogen (secondary N) is 2. The smallest absolute Gasteiger partial charge is 0.379 e. The summed E-state index contributed by atoms with van der Waals surface area (Å²) in [6.45, 7) is 7.77. The van der Waals surface area contributed by atoms with Crippen molar-refractivity contribution in [3.8, 4) is 5.69 Å².